The first-order chi connectivity index (χ1) is 26.3. The van der Waals surface area contributed by atoms with Gasteiger partial charge in [-0.15, -0.1) is 24.8 Å². The predicted octanol–water partition coefficient (Wildman–Crippen LogP) is 5.57. The van der Waals surface area contributed by atoms with Crippen molar-refractivity contribution in [2.24, 2.45) is 20.5 Å². The summed E-state index contributed by atoms with van der Waals surface area (Å²) in [5, 5.41) is 98.2. The number of para-hydroxylation sites is 1. The number of aryl methyl sites for hydroxylation is 3. The minimum atomic E-state index is -0.710. The van der Waals surface area contributed by atoms with E-state index >= 15 is 0 Å². The summed E-state index contributed by atoms with van der Waals surface area (Å²) in [4.78, 5) is 20.3. The molecule has 0 radical (unpaired) electrons. The first kappa shape index (κ1) is 45.7. The van der Waals surface area contributed by atoms with E-state index in [2.05, 4.69) is 40.0 Å². The second-order valence-corrected chi connectivity index (χ2v) is 11.9. The zero-order chi connectivity index (χ0) is 39.8. The standard InChI is InChI=1S/C17H15N5O4.C16H13N5O7S.Cr.Na/c1-10-3-5-12(6-4-10)21-17(24)16(11(2)20-21)19-18-14-8-7-13(22(25)26)9-15(14)23;1-9-14(16(23)20(19-9)10-5-3-2-4-6-10)18-17-12-7-11(21(24)25)8-13(15(12)22)29-28-27-26;;/h3-9,23-24H,1-2H3;2-8,22-23,26H,1H3;;/q;;;+1. The molecule has 6 aromatic rings. The predicted molar refractivity (Wildman–Crippen MR) is 193 cm³/mol. The molecule has 5 N–H and O–H groups in total. The number of nitro groups is 2. The van der Waals surface area contributed by atoms with Crippen LogP contribution in [0.2, 0.25) is 0 Å². The number of hydrogen-bond donors (Lipinski definition) is 5. The molecule has 2 heterocycles. The van der Waals surface area contributed by atoms with Gasteiger partial charge in [0.05, 0.1) is 55.6 Å². The molecule has 21 nitrogen and oxygen atoms in total. The van der Waals surface area contributed by atoms with Crippen molar-refractivity contribution in [3.63, 3.8) is 0 Å². The molecule has 0 bridgehead atoms. The van der Waals surface area contributed by atoms with Crippen molar-refractivity contribution >= 4 is 46.2 Å². The fourth-order valence-corrected chi connectivity index (χ4v) is 5.11. The molecular weight excluding hydrogens is 819 g/mol. The molecule has 0 aliphatic heterocycles. The number of phenols is 2. The molecule has 0 aliphatic carbocycles. The maximum atomic E-state index is 11.1. The molecule has 6 rings (SSSR count). The number of rotatable bonds is 11. The number of nitro benzene ring substituents is 2. The first-order valence-corrected chi connectivity index (χ1v) is 16.2. The molecule has 0 fully saturated rings. The van der Waals surface area contributed by atoms with Crippen LogP contribution >= 0.6 is 12.0 Å². The number of phenolic OH excluding ortho intramolecular Hbond substituents is 2. The van der Waals surface area contributed by atoms with E-state index < -0.39 is 21.3 Å². The summed E-state index contributed by atoms with van der Waals surface area (Å²) in [6.45, 7) is 5.21. The van der Waals surface area contributed by atoms with Crippen LogP contribution in [0.1, 0.15) is 17.0 Å². The van der Waals surface area contributed by atoms with Gasteiger partial charge in [0.1, 0.15) is 17.1 Å². The van der Waals surface area contributed by atoms with E-state index in [9.17, 15) is 40.7 Å². The van der Waals surface area contributed by atoms with Gasteiger partial charge in [-0.25, -0.2) is 5.26 Å². The molecule has 57 heavy (non-hydrogen) atoms. The smallest absolute Gasteiger partial charge is 0.505 e. The first-order valence-electron chi connectivity index (χ1n) is 15.5. The van der Waals surface area contributed by atoms with Crippen molar-refractivity contribution in [3.8, 4) is 34.6 Å². The van der Waals surface area contributed by atoms with E-state index in [1.54, 1.807) is 38.1 Å². The molecule has 288 valence electrons. The van der Waals surface area contributed by atoms with Gasteiger partial charge in [0.15, 0.2) is 17.1 Å². The van der Waals surface area contributed by atoms with Crippen molar-refractivity contribution in [1.82, 2.24) is 19.6 Å². The van der Waals surface area contributed by atoms with Crippen LogP contribution in [0, 0.1) is 41.0 Å². The number of nitrogens with zero attached hydrogens (tertiary/aromatic N) is 10. The number of benzene rings is 4. The van der Waals surface area contributed by atoms with E-state index in [0.717, 1.165) is 23.8 Å². The van der Waals surface area contributed by atoms with Gasteiger partial charge in [0.25, 0.3) is 11.4 Å². The summed E-state index contributed by atoms with van der Waals surface area (Å²) in [7, 11) is 0. The number of aromatic nitrogens is 4. The van der Waals surface area contributed by atoms with Crippen LogP contribution < -0.4 is 29.6 Å². The quantitative estimate of drug-likeness (QED) is 0.0266. The Morgan fingerprint density at radius 1 is 0.684 bits per heavy atom. The van der Waals surface area contributed by atoms with Crippen molar-refractivity contribution in [2.45, 2.75) is 25.7 Å². The Balaban J connectivity index is 0.000000297. The van der Waals surface area contributed by atoms with Crippen molar-refractivity contribution in [2.75, 3.05) is 0 Å². The number of hydrogen-bond acceptors (Lipinski definition) is 18. The number of azo groups is 2. The van der Waals surface area contributed by atoms with E-state index in [1.165, 1.54) is 21.5 Å². The normalized spacial score (nSPS) is 10.8. The third-order valence-electron chi connectivity index (χ3n) is 7.38. The van der Waals surface area contributed by atoms with Gasteiger partial charge < -0.3 is 20.4 Å². The monoisotopic (exact) mass is 847 g/mol. The van der Waals surface area contributed by atoms with Crippen molar-refractivity contribution < 1.29 is 91.8 Å². The average molecular weight is 848 g/mol. The van der Waals surface area contributed by atoms with E-state index in [1.807, 2.05) is 37.3 Å². The number of aromatic hydroxyl groups is 4. The minimum Gasteiger partial charge on any atom is -0.505 e. The summed E-state index contributed by atoms with van der Waals surface area (Å²) in [6, 6.07) is 21.6. The molecule has 0 saturated heterocycles. The van der Waals surface area contributed by atoms with Gasteiger partial charge >= 0.3 is 29.6 Å². The van der Waals surface area contributed by atoms with Crippen molar-refractivity contribution in [3.05, 3.63) is 122 Å². The third-order valence-corrected chi connectivity index (χ3v) is 8.00. The van der Waals surface area contributed by atoms with Gasteiger partial charge in [0, 0.05) is 35.6 Å². The summed E-state index contributed by atoms with van der Waals surface area (Å²) in [6.07, 6.45) is 0. The van der Waals surface area contributed by atoms with Gasteiger partial charge in [0.2, 0.25) is 11.8 Å². The fourth-order valence-electron chi connectivity index (χ4n) is 4.66. The van der Waals surface area contributed by atoms with Crippen LogP contribution in [0.15, 0.2) is 110 Å². The summed E-state index contributed by atoms with van der Waals surface area (Å²) in [5.41, 5.74) is 2.36. The van der Waals surface area contributed by atoms with Crippen LogP contribution in [0.3, 0.4) is 0 Å². The summed E-state index contributed by atoms with van der Waals surface area (Å²) >= 11 is 0.328. The second kappa shape index (κ2) is 20.4. The molecule has 24 heteroatoms. The van der Waals surface area contributed by atoms with E-state index in [4.69, 9.17) is 5.26 Å². The largest absolute Gasteiger partial charge is 1.00 e. The van der Waals surface area contributed by atoms with Gasteiger partial charge in [-0.2, -0.15) is 19.6 Å². The maximum Gasteiger partial charge on any atom is 1.00 e. The fraction of sp³-hybridized carbons (Fsp3) is 0.0909. The van der Waals surface area contributed by atoms with Crippen LogP contribution in [0.5, 0.6) is 23.3 Å². The summed E-state index contributed by atoms with van der Waals surface area (Å²) in [5.74, 6) is -1.38. The third kappa shape index (κ3) is 11.0. The Labute approximate surface area is 358 Å². The van der Waals surface area contributed by atoms with E-state index in [-0.39, 0.29) is 97.8 Å². The van der Waals surface area contributed by atoms with Crippen molar-refractivity contribution in [1.29, 1.82) is 0 Å². The molecule has 0 atom stereocenters. The Morgan fingerprint density at radius 2 is 1.21 bits per heavy atom. The van der Waals surface area contributed by atoms with Gasteiger partial charge in [-0.05, 0) is 51.1 Å². The molecular formula is C33H28CrN10NaO11S+. The topological polar surface area (TPSA) is 291 Å². The SMILES string of the molecule is Cc1ccc(-n2nc(C)c(N=Nc3ccc([N+](=O)[O-])cc3O)c2O)cc1.Cc1nn(-c2ccccc2)c(O)c1N=Nc1cc([N+](=O)[O-])cc(SOOO)c1O.[Cr].[Na+]. The zero-order valence-corrected chi connectivity index (χ0v) is 34.1. The maximum absolute atomic E-state index is 11.1. The number of non-ortho nitro benzene ring substituents is 2. The second-order valence-electron chi connectivity index (χ2n) is 11.1. The Hall–Kier alpha value is -5.74. The Kier molecular flexibility index (Phi) is 16.4. The van der Waals surface area contributed by atoms with Crippen LogP contribution in [0.4, 0.5) is 34.1 Å². The molecule has 0 saturated carbocycles. The molecule has 0 amide bonds. The molecule has 0 unspecified atom stereocenters. The van der Waals surface area contributed by atoms with Crippen LogP contribution in [0.25, 0.3) is 11.4 Å². The van der Waals surface area contributed by atoms with Gasteiger partial charge in [-0.1, -0.05) is 40.9 Å². The van der Waals surface area contributed by atoms with Gasteiger partial charge in [-0.3, -0.25) is 20.2 Å². The molecule has 0 aliphatic rings. The van der Waals surface area contributed by atoms with E-state index in [0.29, 0.717) is 34.8 Å². The van der Waals surface area contributed by atoms with Crippen LogP contribution in [-0.2, 0) is 26.7 Å². The molecule has 2 aromatic heterocycles. The average Bonchev–Trinajstić information content (AvgIpc) is 3.62. The Bertz CT molecular complexity index is 2430. The summed E-state index contributed by atoms with van der Waals surface area (Å²) < 4.78 is 6.79. The molecule has 0 spiro atoms. The zero-order valence-electron chi connectivity index (χ0n) is 30.1. The molecule has 4 aromatic carbocycles. The minimum absolute atomic E-state index is 0. The Morgan fingerprint density at radius 3 is 1.72 bits per heavy atom. The van der Waals surface area contributed by atoms with Crippen LogP contribution in [-0.4, -0.2) is 55.1 Å².